The lowest BCUT2D eigenvalue weighted by molar-refractivity contribution is 1.33. The Hall–Kier alpha value is -1.43. The third-order valence-electron chi connectivity index (χ3n) is 2.30. The van der Waals surface area contributed by atoms with Crippen LogP contribution in [0.2, 0.25) is 0 Å². The first-order valence-corrected chi connectivity index (χ1v) is 5.80. The summed E-state index contributed by atoms with van der Waals surface area (Å²) in [4.78, 5) is 3.97. The molecule has 4 heteroatoms. The van der Waals surface area contributed by atoms with Crippen molar-refractivity contribution in [3.8, 4) is 11.1 Å². The van der Waals surface area contributed by atoms with Crippen LogP contribution in [-0.2, 0) is 0 Å². The van der Waals surface area contributed by atoms with E-state index in [0.717, 1.165) is 16.7 Å². The molecule has 0 fully saturated rings. The van der Waals surface area contributed by atoms with E-state index in [1.54, 1.807) is 12.4 Å². The molecule has 0 amide bonds. The molecule has 1 heterocycles. The zero-order valence-electron chi connectivity index (χ0n) is 8.44. The highest BCUT2D eigenvalue weighted by Crippen LogP contribution is 2.24. The van der Waals surface area contributed by atoms with Gasteiger partial charge >= 0.3 is 0 Å². The van der Waals surface area contributed by atoms with Gasteiger partial charge in [0, 0.05) is 23.6 Å². The van der Waals surface area contributed by atoms with Crippen LogP contribution in [0.5, 0.6) is 0 Å². The summed E-state index contributed by atoms with van der Waals surface area (Å²) in [6.45, 7) is 0. The molecule has 0 aliphatic heterocycles. The van der Waals surface area contributed by atoms with Gasteiger partial charge in [0.2, 0.25) is 0 Å². The summed E-state index contributed by atoms with van der Waals surface area (Å²) >= 11 is 1.95. The van der Waals surface area contributed by atoms with E-state index in [4.69, 9.17) is 11.1 Å². The number of hydrogen-bond donors (Lipinski definition) is 2. The Morgan fingerprint density at radius 1 is 1.12 bits per heavy atom. The number of aromatic nitrogens is 1. The highest BCUT2D eigenvalue weighted by Gasteiger charge is 2.04. The zero-order valence-corrected chi connectivity index (χ0v) is 10.6. The summed E-state index contributed by atoms with van der Waals surface area (Å²) in [5.74, 6) is 0. The molecule has 3 N–H and O–H groups in total. The summed E-state index contributed by atoms with van der Waals surface area (Å²) < 4.78 is 0.455. The quantitative estimate of drug-likeness (QED) is 0.507. The molecule has 80 valence electrons. The summed E-state index contributed by atoms with van der Waals surface area (Å²) in [5, 5.41) is 7.55. The largest absolute Gasteiger partial charge is 0.398 e. The van der Waals surface area contributed by atoms with Crippen LogP contribution in [0, 0.1) is 5.41 Å². The number of hydrogen-bond acceptors (Lipinski definition) is 3. The minimum Gasteiger partial charge on any atom is -0.398 e. The number of benzene rings is 1. The number of pyridine rings is 1. The predicted octanol–water partition coefficient (Wildman–Crippen LogP) is 3.09. The fourth-order valence-corrected chi connectivity index (χ4v) is 1.98. The first-order valence-electron chi connectivity index (χ1n) is 4.73. The fraction of sp³-hybridized carbons (Fsp3) is 0. The third-order valence-corrected chi connectivity index (χ3v) is 2.88. The van der Waals surface area contributed by atoms with Crippen molar-refractivity contribution in [2.75, 3.05) is 5.73 Å². The lowest BCUT2D eigenvalue weighted by atomic mass is 10.0. The molecule has 0 spiro atoms. The fourth-order valence-electron chi connectivity index (χ4n) is 1.49. The van der Waals surface area contributed by atoms with Gasteiger partial charge in [-0.3, -0.25) is 10.4 Å². The lowest BCUT2D eigenvalue weighted by Crippen LogP contribution is -1.97. The Kier molecular flexibility index (Phi) is 3.19. The Bertz CT molecular complexity index is 523. The smallest absolute Gasteiger partial charge is 0.101 e. The van der Waals surface area contributed by atoms with E-state index in [2.05, 4.69) is 4.98 Å². The van der Waals surface area contributed by atoms with Crippen molar-refractivity contribution < 1.29 is 0 Å². The van der Waals surface area contributed by atoms with Crippen LogP contribution in [0.3, 0.4) is 0 Å². The molecule has 0 radical (unpaired) electrons. The van der Waals surface area contributed by atoms with Crippen molar-refractivity contribution in [1.82, 2.24) is 4.98 Å². The van der Waals surface area contributed by atoms with Gasteiger partial charge in [0.05, 0.1) is 0 Å². The summed E-state index contributed by atoms with van der Waals surface area (Å²) in [7, 11) is 0. The molecule has 0 saturated heterocycles. The van der Waals surface area contributed by atoms with E-state index in [1.165, 1.54) is 0 Å². The average Bonchev–Trinajstić information content (AvgIpc) is 2.29. The second kappa shape index (κ2) is 4.61. The summed E-state index contributed by atoms with van der Waals surface area (Å²) in [5.41, 5.74) is 9.43. The highest BCUT2D eigenvalue weighted by molar-refractivity contribution is 14.1. The maximum atomic E-state index is 7.55. The standard InChI is InChI=1S/C12H10IN3/c13-12(15)10-2-1-9(7-11(10)14)8-3-5-16-6-4-8/h1-7,15H,14H2. The SMILES string of the molecule is N=C(I)c1ccc(-c2ccncc2)cc1N. The van der Waals surface area contributed by atoms with Crippen molar-refractivity contribution in [2.24, 2.45) is 0 Å². The predicted molar refractivity (Wildman–Crippen MR) is 74.9 cm³/mol. The molecule has 1 aromatic carbocycles. The van der Waals surface area contributed by atoms with Gasteiger partial charge in [0.1, 0.15) is 3.72 Å². The molecule has 3 nitrogen and oxygen atoms in total. The molecular weight excluding hydrogens is 313 g/mol. The van der Waals surface area contributed by atoms with Crippen LogP contribution in [-0.4, -0.2) is 8.70 Å². The number of anilines is 1. The molecule has 0 saturated carbocycles. The van der Waals surface area contributed by atoms with E-state index in [0.29, 0.717) is 9.41 Å². The first-order chi connectivity index (χ1) is 7.68. The Morgan fingerprint density at radius 3 is 2.38 bits per heavy atom. The molecule has 2 aromatic rings. The van der Waals surface area contributed by atoms with Gasteiger partial charge in [-0.15, -0.1) is 0 Å². The Balaban J connectivity index is 2.46. The van der Waals surface area contributed by atoms with Gasteiger partial charge in [-0.2, -0.15) is 0 Å². The van der Waals surface area contributed by atoms with E-state index >= 15 is 0 Å². The minimum absolute atomic E-state index is 0.455. The molecule has 0 aliphatic rings. The summed E-state index contributed by atoms with van der Waals surface area (Å²) in [6, 6.07) is 9.60. The van der Waals surface area contributed by atoms with Gasteiger partial charge < -0.3 is 5.73 Å². The maximum Gasteiger partial charge on any atom is 0.101 e. The molecule has 2 rings (SSSR count). The number of nitrogens with one attached hydrogen (secondary N) is 1. The third kappa shape index (κ3) is 2.21. The number of nitrogens with two attached hydrogens (primary N) is 1. The van der Waals surface area contributed by atoms with Crippen LogP contribution < -0.4 is 5.73 Å². The van der Waals surface area contributed by atoms with Crippen molar-refractivity contribution in [2.45, 2.75) is 0 Å². The monoisotopic (exact) mass is 323 g/mol. The van der Waals surface area contributed by atoms with Gasteiger partial charge in [0.25, 0.3) is 0 Å². The van der Waals surface area contributed by atoms with Gasteiger partial charge in [-0.05, 0) is 58.0 Å². The molecule has 0 aliphatic carbocycles. The Labute approximate surface area is 107 Å². The topological polar surface area (TPSA) is 62.8 Å². The van der Waals surface area contributed by atoms with Gasteiger partial charge in [-0.25, -0.2) is 0 Å². The van der Waals surface area contributed by atoms with Crippen LogP contribution in [0.1, 0.15) is 5.56 Å². The van der Waals surface area contributed by atoms with Crippen LogP contribution in [0.15, 0.2) is 42.7 Å². The van der Waals surface area contributed by atoms with Crippen LogP contribution in [0.4, 0.5) is 5.69 Å². The highest BCUT2D eigenvalue weighted by atomic mass is 127. The summed E-state index contributed by atoms with van der Waals surface area (Å²) in [6.07, 6.45) is 3.50. The van der Waals surface area contributed by atoms with Gasteiger partial charge in [0.15, 0.2) is 0 Å². The van der Waals surface area contributed by atoms with Crippen molar-refractivity contribution in [3.05, 3.63) is 48.3 Å². The average molecular weight is 323 g/mol. The zero-order chi connectivity index (χ0) is 11.5. The number of halogens is 1. The van der Waals surface area contributed by atoms with Crippen molar-refractivity contribution in [1.29, 1.82) is 5.41 Å². The molecular formula is C12H10IN3. The second-order valence-electron chi connectivity index (χ2n) is 3.35. The lowest BCUT2D eigenvalue weighted by Gasteiger charge is -2.06. The normalized spacial score (nSPS) is 10.1. The second-order valence-corrected chi connectivity index (χ2v) is 4.43. The molecule has 0 bridgehead atoms. The minimum atomic E-state index is 0.455. The molecule has 0 atom stereocenters. The van der Waals surface area contributed by atoms with Crippen molar-refractivity contribution >= 4 is 32.0 Å². The van der Waals surface area contributed by atoms with E-state index in [9.17, 15) is 0 Å². The number of nitrogens with zero attached hydrogens (tertiary/aromatic N) is 1. The number of nitrogen functional groups attached to an aromatic ring is 1. The Morgan fingerprint density at radius 2 is 1.81 bits per heavy atom. The molecule has 16 heavy (non-hydrogen) atoms. The van der Waals surface area contributed by atoms with E-state index in [-0.39, 0.29) is 0 Å². The van der Waals surface area contributed by atoms with E-state index in [1.807, 2.05) is 52.9 Å². The van der Waals surface area contributed by atoms with Crippen molar-refractivity contribution in [3.63, 3.8) is 0 Å². The number of rotatable bonds is 2. The molecule has 1 aromatic heterocycles. The van der Waals surface area contributed by atoms with Crippen LogP contribution in [0.25, 0.3) is 11.1 Å². The maximum absolute atomic E-state index is 7.55. The van der Waals surface area contributed by atoms with E-state index < -0.39 is 0 Å². The molecule has 0 unspecified atom stereocenters. The first kappa shape index (κ1) is 11.1. The van der Waals surface area contributed by atoms with Gasteiger partial charge in [-0.1, -0.05) is 6.07 Å². The van der Waals surface area contributed by atoms with Crippen LogP contribution >= 0.6 is 22.6 Å².